The second kappa shape index (κ2) is 1.71. The normalized spacial score (nSPS) is 47.6. The lowest BCUT2D eigenvalue weighted by Crippen LogP contribution is -2.33. The van der Waals surface area contributed by atoms with Gasteiger partial charge in [0.15, 0.2) is 0 Å². The van der Waals surface area contributed by atoms with E-state index in [2.05, 4.69) is 6.92 Å². The fraction of sp³-hybridized carbons (Fsp3) is 1.00. The fourth-order valence-electron chi connectivity index (χ4n) is 1.34. The molecule has 0 aromatic heterocycles. The molecular weight excluding hydrogens is 102 g/mol. The van der Waals surface area contributed by atoms with Gasteiger partial charge < -0.3 is 9.85 Å². The quantitative estimate of drug-likeness (QED) is 0.341. The third-order valence-electron chi connectivity index (χ3n) is 1.79. The number of rotatable bonds is 0. The standard InChI is InChI=1S/C6H13NO/c1-6-3-4-7(2,8)5-6/h6H,3-5H2,1-2H3. The van der Waals surface area contributed by atoms with Crippen molar-refractivity contribution in [1.82, 2.24) is 0 Å². The summed E-state index contributed by atoms with van der Waals surface area (Å²) in [5.41, 5.74) is 0. The lowest BCUT2D eigenvalue weighted by molar-refractivity contribution is -0.849. The predicted molar refractivity (Wildman–Crippen MR) is 33.1 cm³/mol. The zero-order valence-corrected chi connectivity index (χ0v) is 5.55. The Morgan fingerprint density at radius 3 is 2.38 bits per heavy atom. The highest BCUT2D eigenvalue weighted by molar-refractivity contribution is 4.59. The molecule has 1 fully saturated rings. The van der Waals surface area contributed by atoms with Crippen molar-refractivity contribution in [2.75, 3.05) is 20.1 Å². The van der Waals surface area contributed by atoms with Crippen LogP contribution in [0, 0.1) is 11.1 Å². The van der Waals surface area contributed by atoms with Gasteiger partial charge in [0.1, 0.15) is 0 Å². The Kier molecular flexibility index (Phi) is 1.29. The molecule has 0 aromatic rings. The van der Waals surface area contributed by atoms with Gasteiger partial charge in [0, 0.05) is 12.3 Å². The van der Waals surface area contributed by atoms with Crippen molar-refractivity contribution < 1.29 is 4.65 Å². The van der Waals surface area contributed by atoms with E-state index in [9.17, 15) is 5.21 Å². The van der Waals surface area contributed by atoms with Crippen LogP contribution in [0.3, 0.4) is 0 Å². The van der Waals surface area contributed by atoms with Crippen LogP contribution < -0.4 is 0 Å². The first-order chi connectivity index (χ1) is 3.60. The molecule has 1 aliphatic heterocycles. The van der Waals surface area contributed by atoms with Crippen LogP contribution in [0.25, 0.3) is 0 Å². The molecule has 2 nitrogen and oxygen atoms in total. The number of hydroxylamine groups is 3. The van der Waals surface area contributed by atoms with Crippen LogP contribution in [-0.2, 0) is 0 Å². The molecule has 48 valence electrons. The van der Waals surface area contributed by atoms with Crippen LogP contribution in [0.15, 0.2) is 0 Å². The van der Waals surface area contributed by atoms with E-state index < -0.39 is 0 Å². The highest BCUT2D eigenvalue weighted by Crippen LogP contribution is 2.19. The molecular formula is C6H13NO. The Labute approximate surface area is 50.3 Å². The molecule has 1 heterocycles. The maximum Gasteiger partial charge on any atom is 0.0809 e. The van der Waals surface area contributed by atoms with E-state index in [1.807, 2.05) is 0 Å². The molecule has 0 radical (unpaired) electrons. The minimum atomic E-state index is -0.0127. The zero-order valence-electron chi connectivity index (χ0n) is 5.55. The van der Waals surface area contributed by atoms with E-state index in [1.54, 1.807) is 7.05 Å². The number of quaternary nitrogens is 1. The SMILES string of the molecule is CC1CC[N+](C)([O-])C1. The van der Waals surface area contributed by atoms with Crippen molar-refractivity contribution in [3.63, 3.8) is 0 Å². The lowest BCUT2D eigenvalue weighted by Gasteiger charge is -2.33. The summed E-state index contributed by atoms with van der Waals surface area (Å²) in [5.74, 6) is 0.650. The van der Waals surface area contributed by atoms with Crippen molar-refractivity contribution in [2.24, 2.45) is 5.92 Å². The van der Waals surface area contributed by atoms with Crippen LogP contribution in [0.1, 0.15) is 13.3 Å². The highest BCUT2D eigenvalue weighted by Gasteiger charge is 2.23. The topological polar surface area (TPSA) is 23.1 Å². The first kappa shape index (κ1) is 6.05. The van der Waals surface area contributed by atoms with E-state index in [1.165, 1.54) is 0 Å². The summed E-state index contributed by atoms with van der Waals surface area (Å²) in [7, 11) is 1.75. The molecule has 2 heteroatoms. The maximum atomic E-state index is 11.1. The Bertz CT molecular complexity index is 90.5. The second-order valence-electron chi connectivity index (χ2n) is 3.10. The van der Waals surface area contributed by atoms with E-state index in [-0.39, 0.29) is 4.65 Å². The van der Waals surface area contributed by atoms with Crippen LogP contribution >= 0.6 is 0 Å². The van der Waals surface area contributed by atoms with Gasteiger partial charge in [0.25, 0.3) is 0 Å². The average molecular weight is 115 g/mol. The molecule has 1 saturated heterocycles. The molecule has 8 heavy (non-hydrogen) atoms. The number of hydrogen-bond donors (Lipinski definition) is 0. The van der Waals surface area contributed by atoms with E-state index >= 15 is 0 Å². The van der Waals surface area contributed by atoms with Crippen LogP contribution in [0.5, 0.6) is 0 Å². The Hall–Kier alpha value is -0.0800. The summed E-state index contributed by atoms with van der Waals surface area (Å²) in [4.78, 5) is 0. The molecule has 0 N–H and O–H groups in total. The summed E-state index contributed by atoms with van der Waals surface area (Å²) in [6.07, 6.45) is 1.11. The van der Waals surface area contributed by atoms with Crippen molar-refractivity contribution >= 4 is 0 Å². The van der Waals surface area contributed by atoms with Gasteiger partial charge in [-0.25, -0.2) is 0 Å². The fourth-order valence-corrected chi connectivity index (χ4v) is 1.34. The summed E-state index contributed by atoms with van der Waals surface area (Å²) in [6.45, 7) is 3.78. The minimum Gasteiger partial charge on any atom is -0.633 e. The summed E-state index contributed by atoms with van der Waals surface area (Å²) in [6, 6.07) is 0. The van der Waals surface area contributed by atoms with Crippen molar-refractivity contribution in [1.29, 1.82) is 0 Å². The molecule has 0 saturated carbocycles. The lowest BCUT2D eigenvalue weighted by atomic mass is 10.2. The van der Waals surface area contributed by atoms with Gasteiger partial charge >= 0.3 is 0 Å². The molecule has 0 spiro atoms. The van der Waals surface area contributed by atoms with Gasteiger partial charge in [0.2, 0.25) is 0 Å². The van der Waals surface area contributed by atoms with E-state index in [0.29, 0.717) is 5.92 Å². The van der Waals surface area contributed by atoms with Crippen LogP contribution in [0.4, 0.5) is 0 Å². The first-order valence-corrected chi connectivity index (χ1v) is 3.16. The first-order valence-electron chi connectivity index (χ1n) is 3.16. The largest absolute Gasteiger partial charge is 0.633 e. The third-order valence-corrected chi connectivity index (χ3v) is 1.79. The molecule has 1 rings (SSSR count). The van der Waals surface area contributed by atoms with Crippen molar-refractivity contribution in [3.8, 4) is 0 Å². The number of hydrogen-bond acceptors (Lipinski definition) is 1. The maximum absolute atomic E-state index is 11.1. The van der Waals surface area contributed by atoms with Crippen LogP contribution in [0.2, 0.25) is 0 Å². The molecule has 1 aliphatic rings. The van der Waals surface area contributed by atoms with Crippen LogP contribution in [-0.4, -0.2) is 24.8 Å². The molecule has 0 bridgehead atoms. The van der Waals surface area contributed by atoms with Crippen molar-refractivity contribution in [3.05, 3.63) is 5.21 Å². The summed E-state index contributed by atoms with van der Waals surface area (Å²) in [5, 5.41) is 11.1. The predicted octanol–water partition coefficient (Wildman–Crippen LogP) is 0.971. The number of likely N-dealkylation sites (tertiary alicyclic amines) is 1. The van der Waals surface area contributed by atoms with Gasteiger partial charge in [-0.2, -0.15) is 0 Å². The molecule has 0 aromatic carbocycles. The highest BCUT2D eigenvalue weighted by atomic mass is 16.5. The average Bonchev–Trinajstić information content (AvgIpc) is 1.82. The Morgan fingerprint density at radius 1 is 1.62 bits per heavy atom. The third kappa shape index (κ3) is 1.20. The van der Waals surface area contributed by atoms with E-state index in [0.717, 1.165) is 19.5 Å². The second-order valence-corrected chi connectivity index (χ2v) is 3.10. The monoisotopic (exact) mass is 115 g/mol. The molecule has 2 atom stereocenters. The zero-order chi connectivity index (χ0) is 6.20. The van der Waals surface area contributed by atoms with E-state index in [4.69, 9.17) is 0 Å². The van der Waals surface area contributed by atoms with Gasteiger partial charge in [-0.15, -0.1) is 0 Å². The van der Waals surface area contributed by atoms with Crippen molar-refractivity contribution in [2.45, 2.75) is 13.3 Å². The summed E-state index contributed by atoms with van der Waals surface area (Å²) >= 11 is 0. The van der Waals surface area contributed by atoms with Gasteiger partial charge in [-0.05, 0) is 0 Å². The molecule has 0 amide bonds. The number of nitrogens with zero attached hydrogens (tertiary/aromatic N) is 1. The Balaban J connectivity index is 2.44. The van der Waals surface area contributed by atoms with Gasteiger partial charge in [-0.1, -0.05) is 6.92 Å². The van der Waals surface area contributed by atoms with Gasteiger partial charge in [0.05, 0.1) is 20.1 Å². The summed E-state index contributed by atoms with van der Waals surface area (Å²) < 4.78 is -0.0127. The molecule has 2 unspecified atom stereocenters. The molecule has 0 aliphatic carbocycles. The Morgan fingerprint density at radius 2 is 2.25 bits per heavy atom. The van der Waals surface area contributed by atoms with Gasteiger partial charge in [-0.3, -0.25) is 0 Å². The minimum absolute atomic E-state index is 0.0127. The smallest absolute Gasteiger partial charge is 0.0809 e.